The van der Waals surface area contributed by atoms with E-state index < -0.39 is 16.1 Å². The van der Waals surface area contributed by atoms with Gasteiger partial charge in [0.25, 0.3) is 0 Å². The maximum atomic E-state index is 13.2. The fourth-order valence-corrected chi connectivity index (χ4v) is 5.33. The van der Waals surface area contributed by atoms with Crippen molar-refractivity contribution in [2.45, 2.75) is 63.9 Å². The zero-order valence-electron chi connectivity index (χ0n) is 19.7. The fourth-order valence-electron chi connectivity index (χ4n) is 4.07. The topological polar surface area (TPSA) is 95.6 Å². The van der Waals surface area contributed by atoms with Crippen molar-refractivity contribution in [3.8, 4) is 0 Å². The number of amides is 2. The third-order valence-electron chi connectivity index (χ3n) is 5.84. The van der Waals surface area contributed by atoms with Gasteiger partial charge in [0.05, 0.1) is 10.9 Å². The molecule has 0 radical (unpaired) electrons. The van der Waals surface area contributed by atoms with Crippen molar-refractivity contribution < 1.29 is 18.0 Å². The lowest BCUT2D eigenvalue weighted by Gasteiger charge is -2.23. The fraction of sp³-hybridized carbons (Fsp3) is 0.440. The van der Waals surface area contributed by atoms with E-state index in [1.54, 1.807) is 17.0 Å². The van der Waals surface area contributed by atoms with Crippen LogP contribution in [0.3, 0.4) is 0 Å². The van der Waals surface area contributed by atoms with Gasteiger partial charge in [-0.2, -0.15) is 4.72 Å². The lowest BCUT2D eigenvalue weighted by Crippen LogP contribution is -2.47. The van der Waals surface area contributed by atoms with Gasteiger partial charge in [0.15, 0.2) is 0 Å². The van der Waals surface area contributed by atoms with E-state index in [1.165, 1.54) is 6.07 Å². The molecule has 8 heteroatoms. The predicted molar refractivity (Wildman–Crippen MR) is 129 cm³/mol. The van der Waals surface area contributed by atoms with Crippen LogP contribution in [0.2, 0.25) is 0 Å². The summed E-state index contributed by atoms with van der Waals surface area (Å²) in [6.07, 6.45) is 1.37. The number of sulfonamides is 1. The van der Waals surface area contributed by atoms with Gasteiger partial charge in [-0.25, -0.2) is 8.42 Å². The lowest BCUT2D eigenvalue weighted by molar-refractivity contribution is -0.123. The summed E-state index contributed by atoms with van der Waals surface area (Å²) in [6.45, 7) is 8.13. The maximum absolute atomic E-state index is 13.2. The quantitative estimate of drug-likeness (QED) is 0.585. The number of hydrogen-bond donors (Lipinski definition) is 2. The molecule has 0 saturated carbocycles. The van der Waals surface area contributed by atoms with Crippen LogP contribution < -0.4 is 14.9 Å². The zero-order chi connectivity index (χ0) is 24.2. The molecule has 1 heterocycles. The van der Waals surface area contributed by atoms with Crippen molar-refractivity contribution >= 4 is 27.5 Å². The lowest BCUT2D eigenvalue weighted by atomic mass is 10.0. The van der Waals surface area contributed by atoms with Crippen LogP contribution in [0.5, 0.6) is 0 Å². The van der Waals surface area contributed by atoms with E-state index in [0.29, 0.717) is 25.8 Å². The number of rotatable bonds is 9. The van der Waals surface area contributed by atoms with E-state index in [0.717, 1.165) is 16.8 Å². The molecule has 2 atom stereocenters. The molecule has 2 N–H and O–H groups in total. The molecule has 33 heavy (non-hydrogen) atoms. The van der Waals surface area contributed by atoms with E-state index >= 15 is 0 Å². The molecule has 0 bridgehead atoms. The van der Waals surface area contributed by atoms with Crippen molar-refractivity contribution in [2.75, 3.05) is 11.4 Å². The van der Waals surface area contributed by atoms with Crippen molar-refractivity contribution in [3.05, 3.63) is 59.7 Å². The third-order valence-corrected chi connectivity index (χ3v) is 7.31. The summed E-state index contributed by atoms with van der Waals surface area (Å²) in [4.78, 5) is 26.9. The minimum atomic E-state index is -3.93. The monoisotopic (exact) mass is 471 g/mol. The van der Waals surface area contributed by atoms with Crippen LogP contribution in [0.4, 0.5) is 5.69 Å². The summed E-state index contributed by atoms with van der Waals surface area (Å²) in [5.74, 6) is -0.225. The molecule has 0 unspecified atom stereocenters. The summed E-state index contributed by atoms with van der Waals surface area (Å²) in [6, 6.07) is 13.2. The molecule has 1 aliphatic rings. The molecule has 2 aromatic rings. The number of anilines is 1. The Morgan fingerprint density at radius 3 is 2.39 bits per heavy atom. The highest BCUT2D eigenvalue weighted by molar-refractivity contribution is 7.89. The molecule has 2 aromatic carbocycles. The molecule has 0 fully saturated rings. The van der Waals surface area contributed by atoms with Crippen LogP contribution in [-0.2, 0) is 26.0 Å². The first kappa shape index (κ1) is 24.9. The van der Waals surface area contributed by atoms with Crippen molar-refractivity contribution in [1.29, 1.82) is 0 Å². The summed E-state index contributed by atoms with van der Waals surface area (Å²) in [7, 11) is -3.93. The Bertz CT molecular complexity index is 1100. The third kappa shape index (κ3) is 6.00. The molecule has 0 spiro atoms. The van der Waals surface area contributed by atoms with E-state index in [1.807, 2.05) is 58.0 Å². The molecule has 3 rings (SSSR count). The van der Waals surface area contributed by atoms with Gasteiger partial charge in [-0.3, -0.25) is 9.59 Å². The second-order valence-electron chi connectivity index (χ2n) is 8.88. The molecule has 0 aliphatic carbocycles. The molecular formula is C25H33N3O4S. The number of nitrogens with one attached hydrogen (secondary N) is 2. The number of carbonyl (C=O) groups is 2. The first-order valence-corrected chi connectivity index (χ1v) is 12.9. The van der Waals surface area contributed by atoms with E-state index in [2.05, 4.69) is 10.0 Å². The molecule has 178 valence electrons. The molecule has 1 aliphatic heterocycles. The van der Waals surface area contributed by atoms with Crippen LogP contribution >= 0.6 is 0 Å². The minimum Gasteiger partial charge on any atom is -0.348 e. The van der Waals surface area contributed by atoms with Crippen LogP contribution in [0.1, 0.15) is 57.7 Å². The summed E-state index contributed by atoms with van der Waals surface area (Å²) < 4.78 is 29.0. The van der Waals surface area contributed by atoms with Gasteiger partial charge in [-0.1, -0.05) is 51.1 Å². The number of nitrogens with zero attached hydrogens (tertiary/aromatic N) is 1. The van der Waals surface area contributed by atoms with Gasteiger partial charge in [0, 0.05) is 18.7 Å². The molecule has 0 saturated heterocycles. The van der Waals surface area contributed by atoms with Crippen LogP contribution in [0, 0.1) is 5.92 Å². The molecule has 7 nitrogen and oxygen atoms in total. The second kappa shape index (κ2) is 10.5. The average molecular weight is 472 g/mol. The van der Waals surface area contributed by atoms with Gasteiger partial charge in [-0.05, 0) is 55.0 Å². The number of benzene rings is 2. The number of hydrogen-bond acceptors (Lipinski definition) is 4. The normalized spacial score (nSPS) is 15.2. The Labute approximate surface area is 196 Å². The standard InChI is InChI=1S/C25H33N3O4S/c1-5-24(29)28-14-13-20-16-21(11-12-23(20)28)33(31,32)27-22(15-17(2)3)25(30)26-18(4)19-9-7-6-8-10-19/h6-12,16-18,22,27H,5,13-15H2,1-4H3,(H,26,30)/t18-,22+/m0/s1. The first-order valence-electron chi connectivity index (χ1n) is 11.4. The van der Waals surface area contributed by atoms with E-state index in [-0.39, 0.29) is 28.7 Å². The zero-order valence-corrected chi connectivity index (χ0v) is 20.5. The summed E-state index contributed by atoms with van der Waals surface area (Å²) >= 11 is 0. The summed E-state index contributed by atoms with van der Waals surface area (Å²) in [5, 5.41) is 2.93. The second-order valence-corrected chi connectivity index (χ2v) is 10.6. The van der Waals surface area contributed by atoms with Crippen molar-refractivity contribution in [1.82, 2.24) is 10.0 Å². The largest absolute Gasteiger partial charge is 0.348 e. The predicted octanol–water partition coefficient (Wildman–Crippen LogP) is 3.56. The van der Waals surface area contributed by atoms with Crippen LogP contribution in [-0.4, -0.2) is 32.8 Å². The van der Waals surface area contributed by atoms with E-state index in [9.17, 15) is 18.0 Å². The van der Waals surface area contributed by atoms with Gasteiger partial charge in [0.2, 0.25) is 21.8 Å². The summed E-state index contributed by atoms with van der Waals surface area (Å²) in [5.41, 5.74) is 2.53. The number of carbonyl (C=O) groups excluding carboxylic acids is 2. The highest BCUT2D eigenvalue weighted by Crippen LogP contribution is 2.30. The Hall–Kier alpha value is -2.71. The van der Waals surface area contributed by atoms with Crippen LogP contribution in [0.25, 0.3) is 0 Å². The van der Waals surface area contributed by atoms with Gasteiger partial charge in [0.1, 0.15) is 6.04 Å². The Morgan fingerprint density at radius 1 is 1.06 bits per heavy atom. The highest BCUT2D eigenvalue weighted by atomic mass is 32.2. The highest BCUT2D eigenvalue weighted by Gasteiger charge is 2.30. The Morgan fingerprint density at radius 2 is 1.76 bits per heavy atom. The Kier molecular flexibility index (Phi) is 7.92. The molecule has 0 aromatic heterocycles. The minimum absolute atomic E-state index is 0.0173. The molecular weight excluding hydrogens is 438 g/mol. The van der Waals surface area contributed by atoms with Crippen molar-refractivity contribution in [2.24, 2.45) is 5.92 Å². The van der Waals surface area contributed by atoms with Gasteiger partial charge in [-0.15, -0.1) is 0 Å². The smallest absolute Gasteiger partial charge is 0.241 e. The van der Waals surface area contributed by atoms with Gasteiger partial charge >= 0.3 is 0 Å². The van der Waals surface area contributed by atoms with E-state index in [4.69, 9.17) is 0 Å². The van der Waals surface area contributed by atoms with Crippen molar-refractivity contribution in [3.63, 3.8) is 0 Å². The first-order chi connectivity index (χ1) is 15.6. The average Bonchev–Trinajstić information content (AvgIpc) is 3.21. The maximum Gasteiger partial charge on any atom is 0.241 e. The SMILES string of the molecule is CCC(=O)N1CCc2cc(S(=O)(=O)N[C@H](CC(C)C)C(=O)N[C@@H](C)c3ccccc3)ccc21. The Balaban J connectivity index is 1.78. The number of fused-ring (bicyclic) bond motifs is 1. The molecule has 2 amide bonds. The van der Waals surface area contributed by atoms with Gasteiger partial charge < -0.3 is 10.2 Å². The van der Waals surface area contributed by atoms with Crippen LogP contribution in [0.15, 0.2) is 53.4 Å².